The molecule has 2 heterocycles. The first-order valence-corrected chi connectivity index (χ1v) is 8.79. The fourth-order valence-corrected chi connectivity index (χ4v) is 2.95. The van der Waals surface area contributed by atoms with E-state index in [2.05, 4.69) is 15.4 Å². The Bertz CT molecular complexity index is 718. The molecule has 0 unspecified atom stereocenters. The highest BCUT2D eigenvalue weighted by Crippen LogP contribution is 2.21. The Morgan fingerprint density at radius 1 is 1.36 bits per heavy atom. The number of anilines is 1. The number of hydrogen-bond acceptors (Lipinski definition) is 5. The molecule has 0 radical (unpaired) electrons. The van der Waals surface area contributed by atoms with Crippen molar-refractivity contribution in [2.24, 2.45) is 0 Å². The molecule has 1 aromatic heterocycles. The average Bonchev–Trinajstić information content (AvgIpc) is 3.09. The van der Waals surface area contributed by atoms with Gasteiger partial charge in [0.25, 0.3) is 5.91 Å². The summed E-state index contributed by atoms with van der Waals surface area (Å²) >= 11 is 0. The van der Waals surface area contributed by atoms with Crippen molar-refractivity contribution < 1.29 is 14.4 Å². The van der Waals surface area contributed by atoms with E-state index in [-0.39, 0.29) is 17.9 Å². The molecule has 1 saturated heterocycles. The van der Waals surface area contributed by atoms with Crippen LogP contribution >= 0.6 is 0 Å². The van der Waals surface area contributed by atoms with Crippen molar-refractivity contribution in [1.82, 2.24) is 10.1 Å². The zero-order chi connectivity index (χ0) is 17.8. The topological polar surface area (TPSA) is 78.6 Å². The van der Waals surface area contributed by atoms with Gasteiger partial charge in [-0.15, -0.1) is 0 Å². The summed E-state index contributed by atoms with van der Waals surface area (Å²) in [5, 5.41) is 16.4. The first-order valence-electron chi connectivity index (χ1n) is 8.79. The smallest absolute Gasteiger partial charge is 0.277 e. The van der Waals surface area contributed by atoms with E-state index in [1.54, 1.807) is 6.07 Å². The van der Waals surface area contributed by atoms with E-state index in [1.165, 1.54) is 0 Å². The minimum absolute atomic E-state index is 0.187. The lowest BCUT2D eigenvalue weighted by atomic mass is 10.1. The van der Waals surface area contributed by atoms with Crippen LogP contribution in [0.1, 0.15) is 54.4 Å². The van der Waals surface area contributed by atoms with Gasteiger partial charge in [-0.3, -0.25) is 9.69 Å². The van der Waals surface area contributed by atoms with Gasteiger partial charge in [-0.05, 0) is 24.5 Å². The molecule has 25 heavy (non-hydrogen) atoms. The Kier molecular flexibility index (Phi) is 5.50. The van der Waals surface area contributed by atoms with Crippen molar-refractivity contribution in [3.05, 3.63) is 47.3 Å². The molecular formula is C19H25N3O3. The molecule has 6 heteroatoms. The first kappa shape index (κ1) is 17.6. The predicted molar refractivity (Wildman–Crippen MR) is 95.5 cm³/mol. The molecular weight excluding hydrogens is 318 g/mol. The molecule has 2 aromatic rings. The van der Waals surface area contributed by atoms with Gasteiger partial charge in [0.1, 0.15) is 5.76 Å². The highest BCUT2D eigenvalue weighted by Gasteiger charge is 2.19. The number of nitrogens with one attached hydrogen (secondary N) is 1. The van der Waals surface area contributed by atoms with E-state index in [9.17, 15) is 9.90 Å². The van der Waals surface area contributed by atoms with Crippen molar-refractivity contribution in [2.45, 2.75) is 45.3 Å². The number of piperidine rings is 1. The van der Waals surface area contributed by atoms with E-state index in [4.69, 9.17) is 4.52 Å². The molecule has 0 spiro atoms. The maximum atomic E-state index is 12.5. The monoisotopic (exact) mass is 343 g/mol. The number of nitrogens with zero attached hydrogens (tertiary/aromatic N) is 2. The van der Waals surface area contributed by atoms with E-state index in [0.29, 0.717) is 11.5 Å². The minimum Gasteiger partial charge on any atom is -0.393 e. The van der Waals surface area contributed by atoms with Gasteiger partial charge in [0.05, 0.1) is 6.10 Å². The van der Waals surface area contributed by atoms with Crippen LogP contribution in [0.15, 0.2) is 34.9 Å². The lowest BCUT2D eigenvalue weighted by Gasteiger charge is -2.30. The molecule has 3 rings (SSSR count). The van der Waals surface area contributed by atoms with Crippen molar-refractivity contribution in [2.75, 3.05) is 18.4 Å². The van der Waals surface area contributed by atoms with Gasteiger partial charge < -0.3 is 14.9 Å². The average molecular weight is 343 g/mol. The van der Waals surface area contributed by atoms with Crippen LogP contribution < -0.4 is 5.32 Å². The summed E-state index contributed by atoms with van der Waals surface area (Å²) in [6, 6.07) is 9.48. The quantitative estimate of drug-likeness (QED) is 0.872. The molecule has 1 fully saturated rings. The van der Waals surface area contributed by atoms with Gasteiger partial charge in [0, 0.05) is 37.3 Å². The molecule has 1 amide bonds. The summed E-state index contributed by atoms with van der Waals surface area (Å²) in [4.78, 5) is 14.8. The van der Waals surface area contributed by atoms with Crippen molar-refractivity contribution in [1.29, 1.82) is 0 Å². The molecule has 0 bridgehead atoms. The molecule has 0 saturated carbocycles. The number of aliphatic hydroxyl groups is 1. The number of carbonyl (C=O) groups is 1. The van der Waals surface area contributed by atoms with Crippen molar-refractivity contribution in [3.8, 4) is 0 Å². The first-order chi connectivity index (χ1) is 12.0. The Morgan fingerprint density at radius 2 is 2.08 bits per heavy atom. The van der Waals surface area contributed by atoms with Crippen LogP contribution in [0.5, 0.6) is 0 Å². The third-order valence-corrected chi connectivity index (χ3v) is 4.55. The van der Waals surface area contributed by atoms with E-state index in [1.807, 2.05) is 38.1 Å². The van der Waals surface area contributed by atoms with Gasteiger partial charge in [-0.1, -0.05) is 37.2 Å². The third kappa shape index (κ3) is 4.46. The number of benzene rings is 1. The molecule has 1 aliphatic rings. The highest BCUT2D eigenvalue weighted by atomic mass is 16.5. The van der Waals surface area contributed by atoms with Gasteiger partial charge in [-0.2, -0.15) is 0 Å². The second-order valence-electron chi connectivity index (χ2n) is 6.89. The molecule has 0 atom stereocenters. The zero-order valence-corrected chi connectivity index (χ0v) is 14.7. The Hall–Kier alpha value is -2.18. The summed E-state index contributed by atoms with van der Waals surface area (Å²) in [6.45, 7) is 6.47. The van der Waals surface area contributed by atoms with Crippen LogP contribution in [-0.2, 0) is 6.54 Å². The number of hydrogen-bond donors (Lipinski definition) is 2. The number of rotatable bonds is 5. The van der Waals surface area contributed by atoms with Gasteiger partial charge in [0.2, 0.25) is 0 Å². The summed E-state index contributed by atoms with van der Waals surface area (Å²) in [7, 11) is 0. The van der Waals surface area contributed by atoms with Crippen LogP contribution in [0.4, 0.5) is 5.69 Å². The lowest BCUT2D eigenvalue weighted by Crippen LogP contribution is -2.35. The molecule has 1 aliphatic heterocycles. The Balaban J connectivity index is 1.68. The van der Waals surface area contributed by atoms with Crippen molar-refractivity contribution >= 4 is 11.6 Å². The van der Waals surface area contributed by atoms with Crippen LogP contribution in [-0.4, -0.2) is 40.3 Å². The zero-order valence-electron chi connectivity index (χ0n) is 14.7. The van der Waals surface area contributed by atoms with Crippen molar-refractivity contribution in [3.63, 3.8) is 0 Å². The largest absolute Gasteiger partial charge is 0.393 e. The summed E-state index contributed by atoms with van der Waals surface area (Å²) < 4.78 is 5.20. The Labute approximate surface area is 147 Å². The summed E-state index contributed by atoms with van der Waals surface area (Å²) in [5.41, 5.74) is 2.13. The Morgan fingerprint density at radius 3 is 2.76 bits per heavy atom. The van der Waals surface area contributed by atoms with Gasteiger partial charge >= 0.3 is 0 Å². The fraction of sp³-hybridized carbons (Fsp3) is 0.474. The normalized spacial score (nSPS) is 16.3. The summed E-state index contributed by atoms with van der Waals surface area (Å²) in [5.74, 6) is 0.623. The number of amides is 1. The second-order valence-corrected chi connectivity index (χ2v) is 6.89. The number of aromatic nitrogens is 1. The summed E-state index contributed by atoms with van der Waals surface area (Å²) in [6.07, 6.45) is 1.41. The van der Waals surface area contributed by atoms with Gasteiger partial charge in [0.15, 0.2) is 5.69 Å². The SMILES string of the molecule is CC(C)c1cc(C(=O)Nc2ccccc2CN2CCC(O)CC2)no1. The molecule has 0 aliphatic carbocycles. The number of carbonyl (C=O) groups excluding carboxylic acids is 1. The predicted octanol–water partition coefficient (Wildman–Crippen LogP) is 3.01. The molecule has 6 nitrogen and oxygen atoms in total. The molecule has 1 aromatic carbocycles. The fourth-order valence-electron chi connectivity index (χ4n) is 2.95. The van der Waals surface area contributed by atoms with E-state index < -0.39 is 0 Å². The standard InChI is InChI=1S/C19H25N3O3/c1-13(2)18-11-17(21-25-18)19(24)20-16-6-4-3-5-14(16)12-22-9-7-15(23)8-10-22/h3-6,11,13,15,23H,7-10,12H2,1-2H3,(H,20,24). The number of likely N-dealkylation sites (tertiary alicyclic amines) is 1. The van der Waals surface area contributed by atoms with E-state index >= 15 is 0 Å². The van der Waals surface area contributed by atoms with Crippen LogP contribution in [0.2, 0.25) is 0 Å². The van der Waals surface area contributed by atoms with Crippen LogP contribution in [0, 0.1) is 0 Å². The maximum absolute atomic E-state index is 12.5. The van der Waals surface area contributed by atoms with E-state index in [0.717, 1.165) is 43.7 Å². The maximum Gasteiger partial charge on any atom is 0.277 e. The lowest BCUT2D eigenvalue weighted by molar-refractivity contribution is 0.0793. The molecule has 2 N–H and O–H groups in total. The molecule has 134 valence electrons. The third-order valence-electron chi connectivity index (χ3n) is 4.55. The number of para-hydroxylation sites is 1. The van der Waals surface area contributed by atoms with Crippen LogP contribution in [0.3, 0.4) is 0 Å². The van der Waals surface area contributed by atoms with Crippen LogP contribution in [0.25, 0.3) is 0 Å². The second kappa shape index (κ2) is 7.80. The highest BCUT2D eigenvalue weighted by molar-refractivity contribution is 6.03. The number of aliphatic hydroxyl groups excluding tert-OH is 1. The van der Waals surface area contributed by atoms with Gasteiger partial charge in [-0.25, -0.2) is 0 Å². The minimum atomic E-state index is -0.267.